The molecule has 0 fully saturated rings. The highest BCUT2D eigenvalue weighted by Gasteiger charge is 2.23. The van der Waals surface area contributed by atoms with Gasteiger partial charge < -0.3 is 15.0 Å². The smallest absolute Gasteiger partial charge is 0.255 e. The molecule has 1 unspecified atom stereocenters. The van der Waals surface area contributed by atoms with Gasteiger partial charge in [0.1, 0.15) is 11.6 Å². The molecular weight excluding hydrogens is 314 g/mol. The number of ether oxygens (including phenoxy) is 1. The van der Waals surface area contributed by atoms with Crippen LogP contribution in [0.3, 0.4) is 0 Å². The summed E-state index contributed by atoms with van der Waals surface area (Å²) >= 11 is 0. The fourth-order valence-corrected chi connectivity index (χ4v) is 2.83. The van der Waals surface area contributed by atoms with Gasteiger partial charge in [-0.3, -0.25) is 4.79 Å². The van der Waals surface area contributed by atoms with Crippen molar-refractivity contribution in [3.8, 4) is 5.75 Å². The third kappa shape index (κ3) is 3.65. The van der Waals surface area contributed by atoms with Crippen LogP contribution in [-0.2, 0) is 0 Å². The van der Waals surface area contributed by atoms with Crippen LogP contribution in [0.2, 0.25) is 0 Å². The predicted octanol–water partition coefficient (Wildman–Crippen LogP) is 4.09. The zero-order valence-electron chi connectivity index (χ0n) is 14.7. The topological polar surface area (TPSA) is 67.0 Å². The zero-order chi connectivity index (χ0) is 17.8. The fourth-order valence-electron chi connectivity index (χ4n) is 2.83. The average Bonchev–Trinajstić information content (AvgIpc) is 3.03. The molecule has 130 valence electrons. The predicted molar refractivity (Wildman–Crippen MR) is 98.7 cm³/mol. The number of carbonyl (C=O) groups excluding carboxylic acids is 1. The molecule has 5 nitrogen and oxygen atoms in total. The van der Waals surface area contributed by atoms with Crippen LogP contribution in [0.4, 0.5) is 0 Å². The summed E-state index contributed by atoms with van der Waals surface area (Å²) in [6, 6.07) is 14.9. The first-order valence-electron chi connectivity index (χ1n) is 8.57. The van der Waals surface area contributed by atoms with Gasteiger partial charge in [-0.15, -0.1) is 0 Å². The van der Waals surface area contributed by atoms with E-state index in [1.54, 1.807) is 6.07 Å². The van der Waals surface area contributed by atoms with Crippen molar-refractivity contribution in [2.24, 2.45) is 5.92 Å². The molecule has 1 amide bonds. The first kappa shape index (κ1) is 17.0. The van der Waals surface area contributed by atoms with E-state index in [-0.39, 0.29) is 17.9 Å². The maximum absolute atomic E-state index is 12.8. The highest BCUT2D eigenvalue weighted by molar-refractivity contribution is 5.97. The molecular formula is C20H23N3O2. The van der Waals surface area contributed by atoms with E-state index in [9.17, 15) is 4.79 Å². The second-order valence-electron chi connectivity index (χ2n) is 6.26. The Morgan fingerprint density at radius 2 is 1.88 bits per heavy atom. The molecule has 1 aromatic heterocycles. The molecule has 0 aliphatic rings. The minimum atomic E-state index is -0.213. The van der Waals surface area contributed by atoms with E-state index < -0.39 is 0 Å². The second-order valence-corrected chi connectivity index (χ2v) is 6.26. The maximum Gasteiger partial charge on any atom is 0.255 e. The average molecular weight is 337 g/mol. The Morgan fingerprint density at radius 3 is 2.60 bits per heavy atom. The van der Waals surface area contributed by atoms with Gasteiger partial charge in [-0.05, 0) is 37.1 Å². The number of hydrogen-bond donors (Lipinski definition) is 2. The van der Waals surface area contributed by atoms with Crippen molar-refractivity contribution in [1.29, 1.82) is 0 Å². The van der Waals surface area contributed by atoms with E-state index in [1.165, 1.54) is 0 Å². The highest BCUT2D eigenvalue weighted by Crippen LogP contribution is 2.24. The third-order valence-electron chi connectivity index (χ3n) is 4.09. The molecule has 3 aromatic rings. The standard InChI is InChI=1S/C20H23N3O2/c1-4-25-17-12-8-5-9-14(17)20(24)23-18(13(2)3)19-21-15-10-6-7-11-16(15)22-19/h5-13,18H,4H2,1-3H3,(H,21,22)(H,23,24). The summed E-state index contributed by atoms with van der Waals surface area (Å²) in [4.78, 5) is 20.8. The molecule has 25 heavy (non-hydrogen) atoms. The van der Waals surface area contributed by atoms with Crippen LogP contribution >= 0.6 is 0 Å². The number of carbonyl (C=O) groups is 1. The van der Waals surface area contributed by atoms with Crippen molar-refractivity contribution in [1.82, 2.24) is 15.3 Å². The van der Waals surface area contributed by atoms with Gasteiger partial charge in [-0.25, -0.2) is 4.98 Å². The molecule has 1 atom stereocenters. The maximum atomic E-state index is 12.8. The third-order valence-corrected chi connectivity index (χ3v) is 4.09. The number of para-hydroxylation sites is 3. The number of rotatable bonds is 6. The first-order chi connectivity index (χ1) is 12.1. The van der Waals surface area contributed by atoms with E-state index in [1.807, 2.05) is 49.4 Å². The van der Waals surface area contributed by atoms with Crippen molar-refractivity contribution in [2.45, 2.75) is 26.8 Å². The molecule has 0 aliphatic heterocycles. The second kappa shape index (κ2) is 7.38. The highest BCUT2D eigenvalue weighted by atomic mass is 16.5. The van der Waals surface area contributed by atoms with Gasteiger partial charge in [0.2, 0.25) is 0 Å². The van der Waals surface area contributed by atoms with Gasteiger partial charge in [0.15, 0.2) is 0 Å². The van der Waals surface area contributed by atoms with Crippen LogP contribution in [0, 0.1) is 5.92 Å². The van der Waals surface area contributed by atoms with Crippen LogP contribution < -0.4 is 10.1 Å². The molecule has 0 aliphatic carbocycles. The van der Waals surface area contributed by atoms with Gasteiger partial charge in [0.05, 0.1) is 29.2 Å². The van der Waals surface area contributed by atoms with Crippen LogP contribution in [0.5, 0.6) is 5.75 Å². The summed E-state index contributed by atoms with van der Waals surface area (Å²) in [6.45, 7) is 6.54. The Hall–Kier alpha value is -2.82. The molecule has 0 radical (unpaired) electrons. The van der Waals surface area contributed by atoms with Crippen LogP contribution in [-0.4, -0.2) is 22.5 Å². The van der Waals surface area contributed by atoms with Gasteiger partial charge in [-0.1, -0.05) is 38.1 Å². The molecule has 1 heterocycles. The zero-order valence-corrected chi connectivity index (χ0v) is 14.7. The molecule has 2 N–H and O–H groups in total. The monoisotopic (exact) mass is 337 g/mol. The molecule has 5 heteroatoms. The summed E-state index contributed by atoms with van der Waals surface area (Å²) in [5, 5.41) is 3.10. The number of nitrogens with zero attached hydrogens (tertiary/aromatic N) is 1. The molecule has 0 saturated heterocycles. The summed E-state index contributed by atoms with van der Waals surface area (Å²) in [5.74, 6) is 1.38. The van der Waals surface area contributed by atoms with Crippen LogP contribution in [0.25, 0.3) is 11.0 Å². The van der Waals surface area contributed by atoms with E-state index >= 15 is 0 Å². The van der Waals surface area contributed by atoms with Crippen molar-refractivity contribution in [3.05, 3.63) is 59.9 Å². The summed E-state index contributed by atoms with van der Waals surface area (Å²) in [6.07, 6.45) is 0. The largest absolute Gasteiger partial charge is 0.493 e. The minimum absolute atomic E-state index is 0.164. The summed E-state index contributed by atoms with van der Waals surface area (Å²) in [5.41, 5.74) is 2.39. The first-order valence-corrected chi connectivity index (χ1v) is 8.57. The normalized spacial score (nSPS) is 12.3. The van der Waals surface area contributed by atoms with Crippen LogP contribution in [0.15, 0.2) is 48.5 Å². The number of amides is 1. The minimum Gasteiger partial charge on any atom is -0.493 e. The number of aromatic nitrogens is 2. The van der Waals surface area contributed by atoms with Gasteiger partial charge in [-0.2, -0.15) is 0 Å². The van der Waals surface area contributed by atoms with Crippen molar-refractivity contribution < 1.29 is 9.53 Å². The van der Waals surface area contributed by atoms with Gasteiger partial charge in [0, 0.05) is 0 Å². The van der Waals surface area contributed by atoms with E-state index in [0.29, 0.717) is 17.9 Å². The lowest BCUT2D eigenvalue weighted by Gasteiger charge is -2.21. The number of H-pyrrole nitrogens is 1. The Bertz CT molecular complexity index is 837. The number of fused-ring (bicyclic) bond motifs is 1. The van der Waals surface area contributed by atoms with Crippen molar-refractivity contribution in [2.75, 3.05) is 6.61 Å². The Labute approximate surface area is 147 Å². The number of aromatic amines is 1. The van der Waals surface area contributed by atoms with Gasteiger partial charge in [0.25, 0.3) is 5.91 Å². The Kier molecular flexibility index (Phi) is 5.03. The van der Waals surface area contributed by atoms with E-state index in [2.05, 4.69) is 29.1 Å². The van der Waals surface area contributed by atoms with Crippen LogP contribution in [0.1, 0.15) is 43.0 Å². The molecule has 0 saturated carbocycles. The lowest BCUT2D eigenvalue weighted by atomic mass is 10.0. The number of nitrogens with one attached hydrogen (secondary N) is 2. The van der Waals surface area contributed by atoms with Crippen molar-refractivity contribution >= 4 is 16.9 Å². The SMILES string of the molecule is CCOc1ccccc1C(=O)NC(c1nc2ccccc2[nH]1)C(C)C. The molecule has 0 spiro atoms. The van der Waals surface area contributed by atoms with E-state index in [0.717, 1.165) is 16.9 Å². The lowest BCUT2D eigenvalue weighted by Crippen LogP contribution is -2.32. The summed E-state index contributed by atoms with van der Waals surface area (Å²) in [7, 11) is 0. The Morgan fingerprint density at radius 1 is 1.16 bits per heavy atom. The molecule has 2 aromatic carbocycles. The quantitative estimate of drug-likeness (QED) is 0.712. The summed E-state index contributed by atoms with van der Waals surface area (Å²) < 4.78 is 5.57. The molecule has 0 bridgehead atoms. The van der Waals surface area contributed by atoms with Crippen molar-refractivity contribution in [3.63, 3.8) is 0 Å². The number of benzene rings is 2. The molecule has 3 rings (SSSR count). The van der Waals surface area contributed by atoms with Gasteiger partial charge >= 0.3 is 0 Å². The number of hydrogen-bond acceptors (Lipinski definition) is 3. The number of imidazole rings is 1. The van der Waals surface area contributed by atoms with E-state index in [4.69, 9.17) is 4.74 Å². The fraction of sp³-hybridized carbons (Fsp3) is 0.300. The lowest BCUT2D eigenvalue weighted by molar-refractivity contribution is 0.0919. The Balaban J connectivity index is 1.88.